The fraction of sp³-hybridized carbons (Fsp3) is 0.0411. The second-order valence-electron chi connectivity index (χ2n) is 20.1. The van der Waals surface area contributed by atoms with E-state index in [0.717, 1.165) is 63.4 Å². The number of rotatable bonds is 11. The second-order valence-corrected chi connectivity index (χ2v) is 20.1. The topological polar surface area (TPSA) is 8.17 Å². The van der Waals surface area contributed by atoms with Crippen molar-refractivity contribution < 1.29 is 0 Å². The summed E-state index contributed by atoms with van der Waals surface area (Å²) in [6, 6.07) is 94.7. The Bertz CT molecular complexity index is 4160. The van der Waals surface area contributed by atoms with Crippen molar-refractivity contribution in [2.45, 2.75) is 18.3 Å². The van der Waals surface area contributed by atoms with Gasteiger partial charge in [0.25, 0.3) is 0 Å². The molecule has 0 N–H and O–H groups in total. The summed E-state index contributed by atoms with van der Waals surface area (Å²) in [5, 5.41) is 2.42. The maximum Gasteiger partial charge on any atom is 0.0714 e. The van der Waals surface area contributed by atoms with Crippen molar-refractivity contribution in [1.82, 2.24) is 4.57 Å². The van der Waals surface area contributed by atoms with Crippen molar-refractivity contribution >= 4 is 51.0 Å². The molecule has 1 unspecified atom stereocenters. The zero-order valence-corrected chi connectivity index (χ0v) is 41.6. The van der Waals surface area contributed by atoms with Crippen LogP contribution in [0.3, 0.4) is 0 Å². The van der Waals surface area contributed by atoms with Crippen LogP contribution in [0.2, 0.25) is 0 Å². The molecule has 2 nitrogen and oxygen atoms in total. The Labute approximate surface area is 439 Å². The summed E-state index contributed by atoms with van der Waals surface area (Å²) in [6.45, 7) is 7.98. The van der Waals surface area contributed by atoms with Crippen molar-refractivity contribution in [2.24, 2.45) is 0 Å². The van der Waals surface area contributed by atoms with Crippen LogP contribution in [-0.4, -0.2) is 4.57 Å². The fourth-order valence-corrected chi connectivity index (χ4v) is 12.2. The van der Waals surface area contributed by atoms with Crippen molar-refractivity contribution in [1.29, 1.82) is 0 Å². The number of fused-ring (bicyclic) bond motifs is 7. The minimum atomic E-state index is -0.506. The molecule has 2 aliphatic carbocycles. The van der Waals surface area contributed by atoms with Crippen molar-refractivity contribution in [3.8, 4) is 50.2 Å². The Morgan fingerprint density at radius 1 is 0.360 bits per heavy atom. The molecular formula is C73H52N2. The van der Waals surface area contributed by atoms with Gasteiger partial charge in [0.1, 0.15) is 0 Å². The SMILES string of the molecule is C=Cc1ccc(-c2ccc3c(c2)c2cc(-c4ccc(N(c5ccc(-c6ccccc6)cc5)c5ccc6c(c5)C(c5ccccc5)(c5ccc7c(c5)CC7)c5ccccc5-6)cc4)ccc2n3-c2ccc(C=C)cc2)cc1. The predicted molar refractivity (Wildman–Crippen MR) is 317 cm³/mol. The van der Waals surface area contributed by atoms with Gasteiger partial charge in [-0.1, -0.05) is 207 Å². The van der Waals surface area contributed by atoms with Crippen LogP contribution in [0, 0.1) is 0 Å². The van der Waals surface area contributed by atoms with Crippen molar-refractivity contribution in [2.75, 3.05) is 4.90 Å². The third-order valence-corrected chi connectivity index (χ3v) is 16.1. The monoisotopic (exact) mass is 956 g/mol. The number of hydrogen-bond donors (Lipinski definition) is 0. The first-order chi connectivity index (χ1) is 37.0. The maximum absolute atomic E-state index is 4.01. The molecule has 11 aromatic carbocycles. The standard InChI is InChI=1S/C73H52N2/c1-3-49-19-23-53(24-20-49)57-32-43-71-67(46-57)68-47-58(33-44-72(68)75(71)63-35-21-50(4-2)22-36-63)55-30-39-62(40-31-55)74(61-37-28-52(29-38-61)51-13-7-5-8-14-51)64-41-42-66-65-17-11-12-18-69(65)73(70(66)48-64,59-15-9-6-10-16-59)60-34-27-54-25-26-56(54)45-60/h3-24,27-48H,1-2,25-26H2. The number of aryl methyl sites for hydroxylation is 2. The highest BCUT2D eigenvalue weighted by Gasteiger charge is 2.46. The number of aromatic nitrogens is 1. The van der Waals surface area contributed by atoms with Crippen LogP contribution in [0.15, 0.2) is 268 Å². The molecule has 354 valence electrons. The molecule has 0 aliphatic heterocycles. The van der Waals surface area contributed by atoms with Gasteiger partial charge in [-0.2, -0.15) is 0 Å². The lowest BCUT2D eigenvalue weighted by Crippen LogP contribution is -2.29. The summed E-state index contributed by atoms with van der Waals surface area (Å²) in [5.74, 6) is 0. The Hall–Kier alpha value is -9.50. The molecule has 0 saturated heterocycles. The molecule has 1 atom stereocenters. The maximum atomic E-state index is 4.01. The molecule has 14 rings (SSSR count). The summed E-state index contributed by atoms with van der Waals surface area (Å²) in [4.78, 5) is 2.44. The summed E-state index contributed by atoms with van der Waals surface area (Å²) in [6.07, 6.45) is 6.07. The van der Waals surface area contributed by atoms with Crippen LogP contribution in [0.25, 0.3) is 84.2 Å². The highest BCUT2D eigenvalue weighted by atomic mass is 15.1. The van der Waals surface area contributed by atoms with Gasteiger partial charge >= 0.3 is 0 Å². The van der Waals surface area contributed by atoms with E-state index in [0.29, 0.717) is 0 Å². The third-order valence-electron chi connectivity index (χ3n) is 16.1. The van der Waals surface area contributed by atoms with E-state index < -0.39 is 5.41 Å². The number of nitrogens with zero attached hydrogens (tertiary/aromatic N) is 2. The molecule has 0 bridgehead atoms. The Morgan fingerprint density at radius 3 is 1.44 bits per heavy atom. The van der Waals surface area contributed by atoms with Gasteiger partial charge in [-0.05, 0) is 175 Å². The van der Waals surface area contributed by atoms with Gasteiger partial charge < -0.3 is 9.47 Å². The normalized spacial score (nSPS) is 14.2. The molecule has 0 spiro atoms. The highest BCUT2D eigenvalue weighted by molar-refractivity contribution is 6.11. The van der Waals surface area contributed by atoms with Crippen LogP contribution >= 0.6 is 0 Å². The van der Waals surface area contributed by atoms with Gasteiger partial charge in [0.15, 0.2) is 0 Å². The first-order valence-electron chi connectivity index (χ1n) is 26.1. The Morgan fingerprint density at radius 2 is 0.853 bits per heavy atom. The molecule has 1 aromatic heterocycles. The minimum absolute atomic E-state index is 0.506. The van der Waals surface area contributed by atoms with E-state index in [1.807, 2.05) is 12.2 Å². The summed E-state index contributed by atoms with van der Waals surface area (Å²) in [5.41, 5.74) is 26.2. The van der Waals surface area contributed by atoms with Gasteiger partial charge in [-0.15, -0.1) is 0 Å². The van der Waals surface area contributed by atoms with E-state index >= 15 is 0 Å². The van der Waals surface area contributed by atoms with E-state index in [4.69, 9.17) is 0 Å². The lowest BCUT2D eigenvalue weighted by atomic mass is 9.66. The number of anilines is 3. The molecule has 12 aromatic rings. The quantitative estimate of drug-likeness (QED) is 0.125. The Balaban J connectivity index is 0.916. The first-order valence-corrected chi connectivity index (χ1v) is 26.1. The number of benzene rings is 11. The smallest absolute Gasteiger partial charge is 0.0714 e. The highest BCUT2D eigenvalue weighted by Crippen LogP contribution is 2.58. The van der Waals surface area contributed by atoms with Gasteiger partial charge in [0, 0.05) is 33.5 Å². The van der Waals surface area contributed by atoms with Crippen LogP contribution < -0.4 is 4.90 Å². The summed E-state index contributed by atoms with van der Waals surface area (Å²) < 4.78 is 2.39. The van der Waals surface area contributed by atoms with Gasteiger partial charge in [-0.25, -0.2) is 0 Å². The summed E-state index contributed by atoms with van der Waals surface area (Å²) in [7, 11) is 0. The lowest BCUT2D eigenvalue weighted by Gasteiger charge is -2.36. The predicted octanol–water partition coefficient (Wildman–Crippen LogP) is 19.0. The van der Waals surface area contributed by atoms with Gasteiger partial charge in [0.2, 0.25) is 0 Å². The molecule has 0 radical (unpaired) electrons. The van der Waals surface area contributed by atoms with Gasteiger partial charge in [-0.3, -0.25) is 0 Å². The molecule has 1 heterocycles. The van der Waals surface area contributed by atoms with Crippen LogP contribution in [-0.2, 0) is 18.3 Å². The second kappa shape index (κ2) is 17.9. The molecule has 2 heteroatoms. The van der Waals surface area contributed by atoms with Crippen LogP contribution in [0.5, 0.6) is 0 Å². The lowest BCUT2D eigenvalue weighted by molar-refractivity contribution is 0.752. The van der Waals surface area contributed by atoms with Crippen LogP contribution in [0.4, 0.5) is 17.1 Å². The molecule has 2 aliphatic rings. The largest absolute Gasteiger partial charge is 0.310 e. The van der Waals surface area contributed by atoms with E-state index in [9.17, 15) is 0 Å². The van der Waals surface area contributed by atoms with Crippen LogP contribution in [0.1, 0.15) is 44.5 Å². The zero-order valence-electron chi connectivity index (χ0n) is 41.6. The molecule has 0 fully saturated rings. The van der Waals surface area contributed by atoms with Crippen molar-refractivity contribution in [3.63, 3.8) is 0 Å². The minimum Gasteiger partial charge on any atom is -0.310 e. The van der Waals surface area contributed by atoms with Gasteiger partial charge in [0.05, 0.1) is 16.4 Å². The van der Waals surface area contributed by atoms with E-state index in [1.165, 1.54) is 83.1 Å². The average Bonchev–Trinajstić information content (AvgIpc) is 3.96. The van der Waals surface area contributed by atoms with E-state index in [-0.39, 0.29) is 0 Å². The average molecular weight is 957 g/mol. The zero-order chi connectivity index (χ0) is 50.0. The molecular weight excluding hydrogens is 905 g/mol. The molecule has 0 amide bonds. The van der Waals surface area contributed by atoms with E-state index in [1.54, 1.807) is 0 Å². The molecule has 75 heavy (non-hydrogen) atoms. The molecule has 0 saturated carbocycles. The fourth-order valence-electron chi connectivity index (χ4n) is 12.2. The van der Waals surface area contributed by atoms with Crippen molar-refractivity contribution in [3.05, 3.63) is 312 Å². The number of hydrogen-bond acceptors (Lipinski definition) is 1. The Kier molecular flexibility index (Phi) is 10.6. The summed E-state index contributed by atoms with van der Waals surface area (Å²) >= 11 is 0. The third kappa shape index (κ3) is 7.24. The van der Waals surface area contributed by atoms with E-state index in [2.05, 4.69) is 277 Å². The first kappa shape index (κ1) is 44.2.